The van der Waals surface area contributed by atoms with Gasteiger partial charge in [-0.1, -0.05) is 24.3 Å². The fourth-order valence-corrected chi connectivity index (χ4v) is 2.02. The summed E-state index contributed by atoms with van der Waals surface area (Å²) >= 11 is 5.94. The molecule has 0 bridgehead atoms. The Balaban J connectivity index is 2.20. The van der Waals surface area contributed by atoms with Crippen molar-refractivity contribution in [3.05, 3.63) is 40.7 Å². The van der Waals surface area contributed by atoms with Crippen LogP contribution < -0.4 is 9.64 Å². The summed E-state index contributed by atoms with van der Waals surface area (Å²) in [4.78, 5) is 14.3. The van der Waals surface area contributed by atoms with Gasteiger partial charge >= 0.3 is 6.01 Å². The third kappa shape index (κ3) is 4.29. The van der Waals surface area contributed by atoms with Gasteiger partial charge in [-0.2, -0.15) is 15.0 Å². The topological polar surface area (TPSA) is 51.1 Å². The molecule has 2 aromatic rings. The van der Waals surface area contributed by atoms with Gasteiger partial charge in [0.25, 0.3) is 0 Å². The number of aromatic nitrogens is 3. The van der Waals surface area contributed by atoms with E-state index in [-0.39, 0.29) is 17.4 Å². The van der Waals surface area contributed by atoms with E-state index in [1.165, 1.54) is 11.1 Å². The lowest BCUT2D eigenvalue weighted by Crippen LogP contribution is -2.21. The standard InChI is InChI=1S/C15H19ClN4O/c1-10(2)21-15-18-13(16)17-14(19-15)20(4)9-12-8-6-5-7-11(12)3/h5-8,10H,9H2,1-4H3. The highest BCUT2D eigenvalue weighted by atomic mass is 35.5. The third-order valence-electron chi connectivity index (χ3n) is 2.93. The quantitative estimate of drug-likeness (QED) is 0.848. The number of aryl methyl sites for hydroxylation is 1. The summed E-state index contributed by atoms with van der Waals surface area (Å²) in [6.45, 7) is 6.59. The van der Waals surface area contributed by atoms with Crippen molar-refractivity contribution < 1.29 is 4.74 Å². The molecule has 2 rings (SSSR count). The van der Waals surface area contributed by atoms with Crippen LogP contribution in [0.25, 0.3) is 0 Å². The lowest BCUT2D eigenvalue weighted by molar-refractivity contribution is 0.221. The molecule has 0 N–H and O–H groups in total. The molecule has 0 saturated carbocycles. The van der Waals surface area contributed by atoms with E-state index in [4.69, 9.17) is 16.3 Å². The monoisotopic (exact) mass is 306 g/mol. The van der Waals surface area contributed by atoms with Crippen molar-refractivity contribution in [3.8, 4) is 6.01 Å². The van der Waals surface area contributed by atoms with E-state index in [9.17, 15) is 0 Å². The molecular formula is C15H19ClN4O. The normalized spacial score (nSPS) is 10.8. The molecular weight excluding hydrogens is 288 g/mol. The van der Waals surface area contributed by atoms with Gasteiger partial charge in [0, 0.05) is 13.6 Å². The average molecular weight is 307 g/mol. The Hall–Kier alpha value is -1.88. The molecule has 5 nitrogen and oxygen atoms in total. The van der Waals surface area contributed by atoms with Crippen LogP contribution in [0.15, 0.2) is 24.3 Å². The molecule has 0 aliphatic carbocycles. The number of halogens is 1. The second kappa shape index (κ2) is 6.72. The number of nitrogens with zero attached hydrogens (tertiary/aromatic N) is 4. The van der Waals surface area contributed by atoms with Crippen molar-refractivity contribution in [3.63, 3.8) is 0 Å². The number of rotatable bonds is 5. The molecule has 0 aliphatic rings. The first-order valence-corrected chi connectivity index (χ1v) is 7.17. The lowest BCUT2D eigenvalue weighted by Gasteiger charge is -2.19. The number of hydrogen-bond donors (Lipinski definition) is 0. The highest BCUT2D eigenvalue weighted by molar-refractivity contribution is 6.28. The molecule has 0 fully saturated rings. The number of anilines is 1. The van der Waals surface area contributed by atoms with E-state index in [0.29, 0.717) is 12.5 Å². The molecule has 1 heterocycles. The van der Waals surface area contributed by atoms with Crippen LogP contribution in [0.3, 0.4) is 0 Å². The van der Waals surface area contributed by atoms with E-state index < -0.39 is 0 Å². The summed E-state index contributed by atoms with van der Waals surface area (Å²) in [5.74, 6) is 0.494. The first-order chi connectivity index (χ1) is 9.95. The van der Waals surface area contributed by atoms with Crippen LogP contribution >= 0.6 is 11.6 Å². The second-order valence-electron chi connectivity index (χ2n) is 5.14. The molecule has 0 aliphatic heterocycles. The second-order valence-corrected chi connectivity index (χ2v) is 5.47. The smallest absolute Gasteiger partial charge is 0.322 e. The molecule has 0 amide bonds. The van der Waals surface area contributed by atoms with Gasteiger partial charge in [0.15, 0.2) is 0 Å². The Kier molecular flexibility index (Phi) is 4.96. The summed E-state index contributed by atoms with van der Waals surface area (Å²) in [7, 11) is 1.91. The molecule has 0 saturated heterocycles. The largest absolute Gasteiger partial charge is 0.461 e. The van der Waals surface area contributed by atoms with Crippen LogP contribution in [0.2, 0.25) is 5.28 Å². The van der Waals surface area contributed by atoms with Crippen molar-refractivity contribution in [1.29, 1.82) is 0 Å². The van der Waals surface area contributed by atoms with Crippen LogP contribution in [0.5, 0.6) is 6.01 Å². The maximum absolute atomic E-state index is 5.94. The highest BCUT2D eigenvalue weighted by Gasteiger charge is 2.12. The lowest BCUT2D eigenvalue weighted by atomic mass is 10.1. The molecule has 112 valence electrons. The zero-order chi connectivity index (χ0) is 15.4. The SMILES string of the molecule is Cc1ccccc1CN(C)c1nc(Cl)nc(OC(C)C)n1. The highest BCUT2D eigenvalue weighted by Crippen LogP contribution is 2.18. The minimum atomic E-state index is -0.0157. The van der Waals surface area contributed by atoms with Gasteiger partial charge in [0.05, 0.1) is 6.10 Å². The molecule has 21 heavy (non-hydrogen) atoms. The zero-order valence-corrected chi connectivity index (χ0v) is 13.4. The van der Waals surface area contributed by atoms with Crippen LogP contribution in [-0.4, -0.2) is 28.1 Å². The van der Waals surface area contributed by atoms with Crippen LogP contribution in [0.4, 0.5) is 5.95 Å². The Labute approximate surface area is 130 Å². The van der Waals surface area contributed by atoms with Crippen molar-refractivity contribution in [2.75, 3.05) is 11.9 Å². The fraction of sp³-hybridized carbons (Fsp3) is 0.400. The van der Waals surface area contributed by atoms with Gasteiger partial charge in [-0.05, 0) is 43.5 Å². The minimum Gasteiger partial charge on any atom is -0.461 e. The summed E-state index contributed by atoms with van der Waals surface area (Å²) < 4.78 is 5.49. The van der Waals surface area contributed by atoms with Gasteiger partial charge in [-0.3, -0.25) is 0 Å². The maximum Gasteiger partial charge on any atom is 0.322 e. The molecule has 1 aromatic carbocycles. The van der Waals surface area contributed by atoms with Crippen molar-refractivity contribution in [1.82, 2.24) is 15.0 Å². The summed E-state index contributed by atoms with van der Waals surface area (Å²) in [5.41, 5.74) is 2.44. The molecule has 6 heteroatoms. The van der Waals surface area contributed by atoms with Gasteiger partial charge in [-0.15, -0.1) is 0 Å². The summed E-state index contributed by atoms with van der Waals surface area (Å²) in [6.07, 6.45) is -0.0157. The number of benzene rings is 1. The van der Waals surface area contributed by atoms with E-state index in [1.54, 1.807) is 0 Å². The van der Waals surface area contributed by atoms with Crippen LogP contribution in [0, 0.1) is 6.92 Å². The molecule has 0 radical (unpaired) electrons. The molecule has 0 atom stereocenters. The van der Waals surface area contributed by atoms with Crippen LogP contribution in [0.1, 0.15) is 25.0 Å². The summed E-state index contributed by atoms with van der Waals surface area (Å²) in [6, 6.07) is 8.45. The first-order valence-electron chi connectivity index (χ1n) is 6.79. The Morgan fingerprint density at radius 1 is 1.19 bits per heavy atom. The predicted octanol–water partition coefficient (Wildman–Crippen LogP) is 3.26. The van der Waals surface area contributed by atoms with Gasteiger partial charge in [0.2, 0.25) is 11.2 Å². The fourth-order valence-electron chi connectivity index (χ4n) is 1.87. The Morgan fingerprint density at radius 2 is 1.90 bits per heavy atom. The molecule has 0 spiro atoms. The van der Waals surface area contributed by atoms with E-state index in [2.05, 4.69) is 34.0 Å². The van der Waals surface area contributed by atoms with Crippen molar-refractivity contribution in [2.45, 2.75) is 33.4 Å². The first kappa shape index (κ1) is 15.5. The number of ether oxygens (including phenoxy) is 1. The van der Waals surface area contributed by atoms with Gasteiger partial charge < -0.3 is 9.64 Å². The molecule has 1 aromatic heterocycles. The predicted molar refractivity (Wildman–Crippen MR) is 83.9 cm³/mol. The average Bonchev–Trinajstić information content (AvgIpc) is 2.40. The maximum atomic E-state index is 5.94. The van der Waals surface area contributed by atoms with Crippen LogP contribution in [-0.2, 0) is 6.54 Å². The third-order valence-corrected chi connectivity index (χ3v) is 3.10. The van der Waals surface area contributed by atoms with Crippen molar-refractivity contribution in [2.24, 2.45) is 0 Å². The molecule has 0 unspecified atom stereocenters. The zero-order valence-electron chi connectivity index (χ0n) is 12.7. The summed E-state index contributed by atoms with van der Waals surface area (Å²) in [5, 5.41) is 0.132. The number of hydrogen-bond acceptors (Lipinski definition) is 5. The van der Waals surface area contributed by atoms with E-state index >= 15 is 0 Å². The Bertz CT molecular complexity index is 618. The van der Waals surface area contributed by atoms with E-state index in [1.807, 2.05) is 37.9 Å². The Morgan fingerprint density at radius 3 is 2.57 bits per heavy atom. The van der Waals surface area contributed by atoms with Gasteiger partial charge in [-0.25, -0.2) is 0 Å². The van der Waals surface area contributed by atoms with E-state index in [0.717, 1.165) is 0 Å². The van der Waals surface area contributed by atoms with Gasteiger partial charge in [0.1, 0.15) is 0 Å². The minimum absolute atomic E-state index is 0.0157. The van der Waals surface area contributed by atoms with Crippen molar-refractivity contribution >= 4 is 17.5 Å².